The molecule has 1 aliphatic heterocycles. The van der Waals surface area contributed by atoms with E-state index in [0.29, 0.717) is 40.9 Å². The van der Waals surface area contributed by atoms with E-state index < -0.39 is 12.1 Å². The highest BCUT2D eigenvalue weighted by atomic mass is 32.2. The van der Waals surface area contributed by atoms with Crippen molar-refractivity contribution < 1.29 is 30.0 Å². The van der Waals surface area contributed by atoms with E-state index in [1.165, 1.54) is 19.2 Å². The molecule has 2 saturated carbocycles. The minimum Gasteiger partial charge on any atom is -0.508 e. The number of amides is 2. The third-order valence-corrected chi connectivity index (χ3v) is 13.3. The second-order valence-electron chi connectivity index (χ2n) is 17.3. The van der Waals surface area contributed by atoms with E-state index in [1.54, 1.807) is 41.5 Å². The lowest BCUT2D eigenvalue weighted by Gasteiger charge is -2.47. The fraction of sp³-hybridized carbons (Fsp3) is 0.558. The van der Waals surface area contributed by atoms with Crippen LogP contribution in [0.4, 0.5) is 5.95 Å². The number of carbonyl (C=O) groups excluding carboxylic acids is 2. The SMILES string of the molecule is Cc1c(O)cccc1C(=O)N[C@@H](CSc1ccccc1)[C@H](O)CN1C[C@H]2CCCC[C@H]2C[C@H]1C(=O)NC(C)(C)C.Nc1nc2c(ncn2[C@@H]2C[C@H](CO)[C@H]2CO)c(=O)[nH]1. The first-order valence-electron chi connectivity index (χ1n) is 20.6. The summed E-state index contributed by atoms with van der Waals surface area (Å²) in [5.41, 5.74) is 6.36. The van der Waals surface area contributed by atoms with Crippen molar-refractivity contribution in [1.82, 2.24) is 35.1 Å². The normalized spacial score (nSPS) is 24.2. The largest absolute Gasteiger partial charge is 0.508 e. The quantitative estimate of drug-likeness (QED) is 0.0958. The Morgan fingerprint density at radius 2 is 1.76 bits per heavy atom. The van der Waals surface area contributed by atoms with Gasteiger partial charge in [-0.3, -0.25) is 24.3 Å². The first-order valence-corrected chi connectivity index (χ1v) is 21.6. The van der Waals surface area contributed by atoms with Crippen LogP contribution >= 0.6 is 11.8 Å². The van der Waals surface area contributed by atoms with Crippen molar-refractivity contribution in [2.24, 2.45) is 23.7 Å². The molecular weight excluding hydrogens is 773 g/mol. The molecule has 4 aromatic rings. The molecule has 2 aliphatic carbocycles. The van der Waals surface area contributed by atoms with Crippen molar-refractivity contribution in [3.05, 3.63) is 76.3 Å². The second-order valence-corrected chi connectivity index (χ2v) is 18.4. The number of aliphatic hydroxyl groups excluding tert-OH is 3. The maximum atomic E-state index is 13.5. The minimum atomic E-state index is -0.886. The minimum absolute atomic E-state index is 0.0124. The predicted octanol–water partition coefficient (Wildman–Crippen LogP) is 3.61. The molecule has 0 radical (unpaired) electrons. The van der Waals surface area contributed by atoms with E-state index >= 15 is 0 Å². The molecule has 0 spiro atoms. The molecule has 1 saturated heterocycles. The van der Waals surface area contributed by atoms with E-state index in [1.807, 2.05) is 51.1 Å². The number of β-amino-alcohol motifs (C(OH)–C–C–N with tert-alkyl or cyclic N) is 1. The number of thioether (sulfide) groups is 1. The van der Waals surface area contributed by atoms with Gasteiger partial charge in [-0.05, 0) is 89.0 Å². The zero-order chi connectivity index (χ0) is 42.4. The number of rotatable bonds is 12. The van der Waals surface area contributed by atoms with Crippen molar-refractivity contribution in [3.8, 4) is 5.75 Å². The number of H-pyrrole nitrogens is 1. The fourth-order valence-electron chi connectivity index (χ4n) is 8.83. The molecular formula is C43H60N8O7S. The number of aromatic amines is 1. The second kappa shape index (κ2) is 19.3. The van der Waals surface area contributed by atoms with Gasteiger partial charge in [0.1, 0.15) is 5.75 Å². The lowest BCUT2D eigenvalue weighted by molar-refractivity contribution is -0.132. The Balaban J connectivity index is 0.000000255. The molecule has 0 unspecified atom stereocenters. The van der Waals surface area contributed by atoms with Crippen LogP contribution in [0.25, 0.3) is 11.2 Å². The number of nitrogen functional groups attached to an aromatic ring is 1. The number of aromatic hydroxyl groups is 1. The van der Waals surface area contributed by atoms with E-state index in [2.05, 4.69) is 30.5 Å². The maximum absolute atomic E-state index is 13.5. The summed E-state index contributed by atoms with van der Waals surface area (Å²) in [6.07, 6.45) is 6.93. The summed E-state index contributed by atoms with van der Waals surface area (Å²) in [6.45, 7) is 8.79. The smallest absolute Gasteiger partial charge is 0.280 e. The molecule has 3 fully saturated rings. The molecule has 15 nitrogen and oxygen atoms in total. The molecule has 9 N–H and O–H groups in total. The number of piperidine rings is 1. The summed E-state index contributed by atoms with van der Waals surface area (Å²) in [5, 5.41) is 46.6. The van der Waals surface area contributed by atoms with Crippen LogP contribution in [0.3, 0.4) is 0 Å². The molecule has 3 heterocycles. The molecule has 8 atom stereocenters. The topological polar surface area (TPSA) is 232 Å². The van der Waals surface area contributed by atoms with Crippen LogP contribution in [0, 0.1) is 30.6 Å². The summed E-state index contributed by atoms with van der Waals surface area (Å²) in [6, 6.07) is 13.9. The highest BCUT2D eigenvalue weighted by Gasteiger charge is 2.43. The highest BCUT2D eigenvalue weighted by molar-refractivity contribution is 7.99. The lowest BCUT2D eigenvalue weighted by Crippen LogP contribution is -2.60. The van der Waals surface area contributed by atoms with Crippen LogP contribution in [0.1, 0.15) is 81.3 Å². The Labute approximate surface area is 349 Å². The van der Waals surface area contributed by atoms with E-state index in [4.69, 9.17) is 5.73 Å². The number of nitrogens with one attached hydrogen (secondary N) is 3. The summed E-state index contributed by atoms with van der Waals surface area (Å²) in [4.78, 5) is 52.2. The first-order chi connectivity index (χ1) is 28.2. The van der Waals surface area contributed by atoms with Crippen molar-refractivity contribution in [1.29, 1.82) is 0 Å². The van der Waals surface area contributed by atoms with Gasteiger partial charge in [0.25, 0.3) is 11.5 Å². The number of hydrogen-bond acceptors (Lipinski definition) is 12. The molecule has 16 heteroatoms. The van der Waals surface area contributed by atoms with Crippen molar-refractivity contribution in [2.45, 2.75) is 101 Å². The van der Waals surface area contributed by atoms with Gasteiger partial charge in [-0.2, -0.15) is 4.98 Å². The van der Waals surface area contributed by atoms with Crippen LogP contribution in [-0.2, 0) is 4.79 Å². The molecule has 2 aromatic carbocycles. The Morgan fingerprint density at radius 1 is 1.03 bits per heavy atom. The van der Waals surface area contributed by atoms with Crippen molar-refractivity contribution in [2.75, 3.05) is 37.8 Å². The maximum Gasteiger partial charge on any atom is 0.280 e. The van der Waals surface area contributed by atoms with Gasteiger partial charge in [-0.15, -0.1) is 11.8 Å². The monoisotopic (exact) mass is 832 g/mol. The standard InChI is InChI=1S/C32H45N3O4S.C11H15N5O3/c1-21-25(15-10-16-28(21)36)30(38)33-26(20-40-24-13-6-5-7-14-24)29(37)19-35-18-23-12-9-8-11-22(23)17-27(35)31(39)34-32(2,3)4;12-11-14-9-8(10(19)15-11)13-4-16(9)7-1-5(2-17)6(7)3-18/h5-7,10,13-16,22-23,26-27,29,36-37H,8-9,11-12,17-20H2,1-4H3,(H,33,38)(H,34,39);4-7,17-18H,1-3H2,(H3,12,14,15,19)/t22-,23+,26-,27-,29+;5-,6-,7-/m01/s1. The lowest BCUT2D eigenvalue weighted by atomic mass is 9.70. The summed E-state index contributed by atoms with van der Waals surface area (Å²) < 4.78 is 1.76. The summed E-state index contributed by atoms with van der Waals surface area (Å²) >= 11 is 1.57. The number of aromatic nitrogens is 4. The number of phenols is 1. The van der Waals surface area contributed by atoms with Gasteiger partial charge >= 0.3 is 0 Å². The number of anilines is 1. The number of phenolic OH excluding ortho intramolecular Hbond substituents is 1. The van der Waals surface area contributed by atoms with Gasteiger partial charge in [0, 0.05) is 65.6 Å². The van der Waals surface area contributed by atoms with Crippen LogP contribution in [0.15, 0.2) is 64.5 Å². The molecule has 59 heavy (non-hydrogen) atoms. The number of aliphatic hydroxyl groups is 3. The van der Waals surface area contributed by atoms with Gasteiger partial charge in [-0.1, -0.05) is 43.5 Å². The molecule has 0 bridgehead atoms. The highest BCUT2D eigenvalue weighted by Crippen LogP contribution is 2.44. The van der Waals surface area contributed by atoms with E-state index in [0.717, 1.165) is 37.1 Å². The zero-order valence-electron chi connectivity index (χ0n) is 34.4. The van der Waals surface area contributed by atoms with Gasteiger partial charge < -0.3 is 41.4 Å². The van der Waals surface area contributed by atoms with Crippen LogP contribution in [0.5, 0.6) is 5.75 Å². The van der Waals surface area contributed by atoms with Crippen molar-refractivity contribution >= 4 is 40.7 Å². The number of fused-ring (bicyclic) bond motifs is 2. The molecule has 320 valence electrons. The van der Waals surface area contributed by atoms with Gasteiger partial charge in [0.2, 0.25) is 11.9 Å². The number of imidazole rings is 1. The molecule has 3 aliphatic rings. The van der Waals surface area contributed by atoms with E-state index in [9.17, 15) is 34.8 Å². The number of nitrogens with zero attached hydrogens (tertiary/aromatic N) is 4. The first kappa shape index (κ1) is 44.1. The third-order valence-electron chi connectivity index (χ3n) is 12.1. The van der Waals surface area contributed by atoms with Crippen LogP contribution < -0.4 is 21.9 Å². The number of hydrogen-bond donors (Lipinski definition) is 8. The number of benzene rings is 2. The summed E-state index contributed by atoms with van der Waals surface area (Å²) in [7, 11) is 0. The molecule has 2 aromatic heterocycles. The Kier molecular flexibility index (Phi) is 14.4. The third kappa shape index (κ3) is 10.6. The van der Waals surface area contributed by atoms with Crippen LogP contribution in [-0.4, -0.2) is 112 Å². The average molecular weight is 833 g/mol. The number of carbonyl (C=O) groups is 2. The fourth-order valence-corrected chi connectivity index (χ4v) is 9.85. The van der Waals surface area contributed by atoms with Gasteiger partial charge in [0.05, 0.1) is 24.5 Å². The predicted molar refractivity (Wildman–Crippen MR) is 228 cm³/mol. The molecule has 7 rings (SSSR count). The van der Waals surface area contributed by atoms with Gasteiger partial charge in [-0.25, -0.2) is 4.98 Å². The van der Waals surface area contributed by atoms with Gasteiger partial charge in [0.15, 0.2) is 11.2 Å². The summed E-state index contributed by atoms with van der Waals surface area (Å²) in [5.74, 6) is 1.34. The Bertz CT molecular complexity index is 2110. The zero-order valence-corrected chi connectivity index (χ0v) is 35.2. The van der Waals surface area contributed by atoms with E-state index in [-0.39, 0.29) is 77.3 Å². The van der Waals surface area contributed by atoms with Crippen LogP contribution in [0.2, 0.25) is 0 Å². The average Bonchev–Trinajstić information content (AvgIpc) is 3.60. The number of likely N-dealkylation sites (tertiary alicyclic amines) is 1. The Morgan fingerprint density at radius 3 is 2.46 bits per heavy atom. The Hall–Kier alpha value is -4.48. The van der Waals surface area contributed by atoms with Crippen molar-refractivity contribution in [3.63, 3.8) is 0 Å². The number of nitrogens with two attached hydrogens (primary N) is 1. The molecule has 2 amide bonds.